The Morgan fingerprint density at radius 2 is 2.04 bits per heavy atom. The maximum atomic E-state index is 4.29. The molecule has 2 aromatic rings. The van der Waals surface area contributed by atoms with E-state index in [4.69, 9.17) is 0 Å². The first kappa shape index (κ1) is 16.8. The van der Waals surface area contributed by atoms with E-state index in [9.17, 15) is 0 Å². The van der Waals surface area contributed by atoms with Crippen molar-refractivity contribution in [2.75, 3.05) is 32.7 Å². The highest BCUT2D eigenvalue weighted by molar-refractivity contribution is 5.14. The Kier molecular flexibility index (Phi) is 5.15. The third-order valence-corrected chi connectivity index (χ3v) is 5.66. The first-order valence-electron chi connectivity index (χ1n) is 9.49. The summed E-state index contributed by atoms with van der Waals surface area (Å²) in [5, 5.41) is 3.76. The van der Waals surface area contributed by atoms with Gasteiger partial charge in [0.15, 0.2) is 0 Å². The van der Waals surface area contributed by atoms with E-state index < -0.39 is 0 Å². The number of nitrogens with zero attached hydrogens (tertiary/aromatic N) is 4. The van der Waals surface area contributed by atoms with Gasteiger partial charge in [-0.25, -0.2) is 4.98 Å². The molecule has 2 fully saturated rings. The number of imidazole rings is 1. The summed E-state index contributed by atoms with van der Waals surface area (Å²) >= 11 is 0. The maximum Gasteiger partial charge on any atom is 0.105 e. The summed E-state index contributed by atoms with van der Waals surface area (Å²) in [5.74, 6) is 1.10. The zero-order valence-corrected chi connectivity index (χ0v) is 15.1. The van der Waals surface area contributed by atoms with E-state index in [1.54, 1.807) is 0 Å². The molecule has 4 rings (SSSR count). The lowest BCUT2D eigenvalue weighted by molar-refractivity contribution is 0.0991. The molecule has 1 aromatic heterocycles. The molecule has 5 heteroatoms. The molecule has 0 bridgehead atoms. The smallest absolute Gasteiger partial charge is 0.105 e. The van der Waals surface area contributed by atoms with E-state index in [1.807, 2.05) is 6.20 Å². The van der Waals surface area contributed by atoms with Gasteiger partial charge < -0.3 is 9.88 Å². The number of aromatic nitrogens is 2. The lowest BCUT2D eigenvalue weighted by Gasteiger charge is -2.37. The number of aryl methyl sites for hydroxylation is 1. The van der Waals surface area contributed by atoms with Crippen molar-refractivity contribution in [3.05, 3.63) is 54.1 Å². The SMILES string of the molecule is Cc1nccn1CCNC1C[C@H]2CN(Cc3ccccc3)CCN2C1. The van der Waals surface area contributed by atoms with Crippen LogP contribution in [0.3, 0.4) is 0 Å². The number of hydrogen-bond acceptors (Lipinski definition) is 4. The first-order valence-corrected chi connectivity index (χ1v) is 9.49. The molecule has 1 unspecified atom stereocenters. The summed E-state index contributed by atoms with van der Waals surface area (Å²) in [6.07, 6.45) is 5.22. The lowest BCUT2D eigenvalue weighted by atomic mass is 10.1. The Bertz CT molecular complexity index is 668. The monoisotopic (exact) mass is 339 g/mol. The Balaban J connectivity index is 1.23. The number of benzene rings is 1. The fourth-order valence-corrected chi connectivity index (χ4v) is 4.27. The van der Waals surface area contributed by atoms with Crippen LogP contribution in [0.2, 0.25) is 0 Å². The number of rotatable bonds is 6. The molecule has 2 aliphatic rings. The fraction of sp³-hybridized carbons (Fsp3) is 0.550. The predicted molar refractivity (Wildman–Crippen MR) is 100 cm³/mol. The van der Waals surface area contributed by atoms with Gasteiger partial charge in [0.2, 0.25) is 0 Å². The standard InChI is InChI=1S/C20H29N5/c1-17-21-7-9-24(17)10-8-22-19-13-20-16-23(11-12-25(20)15-19)14-18-5-3-2-4-6-18/h2-7,9,19-20,22H,8,10-16H2,1H3/t19?,20-/m0/s1. The predicted octanol–water partition coefficient (Wildman–Crippen LogP) is 1.74. The Hall–Kier alpha value is -1.69. The number of hydrogen-bond donors (Lipinski definition) is 1. The van der Waals surface area contributed by atoms with E-state index >= 15 is 0 Å². The molecule has 2 atom stereocenters. The molecule has 0 spiro atoms. The van der Waals surface area contributed by atoms with E-state index in [0.717, 1.165) is 25.5 Å². The second kappa shape index (κ2) is 7.68. The van der Waals surface area contributed by atoms with Crippen LogP contribution in [0.5, 0.6) is 0 Å². The van der Waals surface area contributed by atoms with Gasteiger partial charge in [-0.3, -0.25) is 9.80 Å². The molecule has 5 nitrogen and oxygen atoms in total. The van der Waals surface area contributed by atoms with Crippen LogP contribution in [0.25, 0.3) is 0 Å². The van der Waals surface area contributed by atoms with Crippen LogP contribution in [0.15, 0.2) is 42.7 Å². The molecule has 134 valence electrons. The molecular weight excluding hydrogens is 310 g/mol. The van der Waals surface area contributed by atoms with Crippen LogP contribution in [-0.4, -0.2) is 64.2 Å². The van der Waals surface area contributed by atoms with Crippen molar-refractivity contribution in [2.24, 2.45) is 0 Å². The molecule has 0 aliphatic carbocycles. The minimum atomic E-state index is 0.630. The lowest BCUT2D eigenvalue weighted by Crippen LogP contribution is -2.49. The summed E-state index contributed by atoms with van der Waals surface area (Å²) in [6, 6.07) is 12.2. The minimum absolute atomic E-state index is 0.630. The molecule has 1 N–H and O–H groups in total. The van der Waals surface area contributed by atoms with Gasteiger partial charge >= 0.3 is 0 Å². The van der Waals surface area contributed by atoms with Crippen molar-refractivity contribution in [1.82, 2.24) is 24.7 Å². The summed E-state index contributed by atoms with van der Waals surface area (Å²) in [6.45, 7) is 9.98. The molecule has 25 heavy (non-hydrogen) atoms. The van der Waals surface area contributed by atoms with Gasteiger partial charge in [-0.2, -0.15) is 0 Å². The van der Waals surface area contributed by atoms with E-state index in [0.29, 0.717) is 12.1 Å². The van der Waals surface area contributed by atoms with E-state index in [1.165, 1.54) is 38.2 Å². The van der Waals surface area contributed by atoms with Gasteiger partial charge in [-0.15, -0.1) is 0 Å². The topological polar surface area (TPSA) is 36.3 Å². The van der Waals surface area contributed by atoms with Gasteiger partial charge in [0.05, 0.1) is 0 Å². The summed E-state index contributed by atoms with van der Waals surface area (Å²) < 4.78 is 2.22. The number of fused-ring (bicyclic) bond motifs is 1. The highest BCUT2D eigenvalue weighted by Crippen LogP contribution is 2.23. The van der Waals surface area contributed by atoms with Crippen molar-refractivity contribution >= 4 is 0 Å². The van der Waals surface area contributed by atoms with Crippen LogP contribution < -0.4 is 5.32 Å². The highest BCUT2D eigenvalue weighted by Gasteiger charge is 2.35. The van der Waals surface area contributed by atoms with Crippen molar-refractivity contribution in [2.45, 2.75) is 38.5 Å². The largest absolute Gasteiger partial charge is 0.334 e. The quantitative estimate of drug-likeness (QED) is 0.870. The van der Waals surface area contributed by atoms with Crippen LogP contribution in [0.1, 0.15) is 17.8 Å². The molecule has 1 aromatic carbocycles. The third kappa shape index (κ3) is 4.11. The average Bonchev–Trinajstić information content (AvgIpc) is 3.21. The Labute approximate surface area is 150 Å². The van der Waals surface area contributed by atoms with Gasteiger partial charge in [0.1, 0.15) is 5.82 Å². The minimum Gasteiger partial charge on any atom is -0.334 e. The summed E-state index contributed by atoms with van der Waals surface area (Å²) in [5.41, 5.74) is 1.43. The second-order valence-corrected chi connectivity index (χ2v) is 7.42. The van der Waals surface area contributed by atoms with Crippen LogP contribution in [0.4, 0.5) is 0 Å². The van der Waals surface area contributed by atoms with Crippen LogP contribution >= 0.6 is 0 Å². The maximum absolute atomic E-state index is 4.29. The highest BCUT2D eigenvalue weighted by atomic mass is 15.3. The number of piperazine rings is 1. The van der Waals surface area contributed by atoms with Crippen molar-refractivity contribution < 1.29 is 0 Å². The van der Waals surface area contributed by atoms with Crippen LogP contribution in [-0.2, 0) is 13.1 Å². The molecule has 0 saturated carbocycles. The van der Waals surface area contributed by atoms with Gasteiger partial charge in [0.25, 0.3) is 0 Å². The molecule has 0 amide bonds. The van der Waals surface area contributed by atoms with E-state index in [2.05, 4.69) is 68.1 Å². The van der Waals surface area contributed by atoms with E-state index in [-0.39, 0.29) is 0 Å². The average molecular weight is 339 g/mol. The van der Waals surface area contributed by atoms with Crippen molar-refractivity contribution in [3.8, 4) is 0 Å². The van der Waals surface area contributed by atoms with Gasteiger partial charge in [-0.1, -0.05) is 30.3 Å². The normalized spacial score (nSPS) is 24.5. The summed E-state index contributed by atoms with van der Waals surface area (Å²) in [7, 11) is 0. The Morgan fingerprint density at radius 3 is 2.84 bits per heavy atom. The molecule has 0 radical (unpaired) electrons. The zero-order chi connectivity index (χ0) is 17.1. The molecule has 3 heterocycles. The molecular formula is C20H29N5. The van der Waals surface area contributed by atoms with Crippen molar-refractivity contribution in [1.29, 1.82) is 0 Å². The molecule has 2 aliphatic heterocycles. The first-order chi connectivity index (χ1) is 12.3. The fourth-order valence-electron chi connectivity index (χ4n) is 4.27. The van der Waals surface area contributed by atoms with Crippen molar-refractivity contribution in [3.63, 3.8) is 0 Å². The third-order valence-electron chi connectivity index (χ3n) is 5.66. The second-order valence-electron chi connectivity index (χ2n) is 7.42. The van der Waals surface area contributed by atoms with Crippen LogP contribution in [0, 0.1) is 6.92 Å². The summed E-state index contributed by atoms with van der Waals surface area (Å²) in [4.78, 5) is 9.59. The molecule has 2 saturated heterocycles. The van der Waals surface area contributed by atoms with Gasteiger partial charge in [0, 0.05) is 70.3 Å². The zero-order valence-electron chi connectivity index (χ0n) is 15.1. The Morgan fingerprint density at radius 1 is 1.16 bits per heavy atom. The van der Waals surface area contributed by atoms with Gasteiger partial charge in [-0.05, 0) is 18.9 Å². The number of nitrogens with one attached hydrogen (secondary N) is 1.